The van der Waals surface area contributed by atoms with Crippen molar-refractivity contribution < 1.29 is 0 Å². The Labute approximate surface area is 101 Å². The average molecular weight is 224 g/mol. The lowest BCUT2D eigenvalue weighted by molar-refractivity contribution is 0.0802. The van der Waals surface area contributed by atoms with E-state index in [1.54, 1.807) is 0 Å². The predicted octanol–water partition coefficient (Wildman–Crippen LogP) is 2.77. The second-order valence-corrected chi connectivity index (χ2v) is 5.80. The molecule has 1 atom stereocenters. The Morgan fingerprint density at radius 3 is 2.06 bits per heavy atom. The summed E-state index contributed by atoms with van der Waals surface area (Å²) in [6, 6.07) is 1.48. The van der Waals surface area contributed by atoms with Crippen molar-refractivity contribution in [3.63, 3.8) is 0 Å². The van der Waals surface area contributed by atoms with Gasteiger partial charge in [0.25, 0.3) is 0 Å². The standard InChI is InChI=1S/C14H28N2/c1-16(13-9-4-2-3-5-10-13)14(11-15)12-7-6-8-12/h12-14H,2-11,15H2,1H3. The molecule has 0 aliphatic heterocycles. The van der Waals surface area contributed by atoms with Crippen LogP contribution in [0.2, 0.25) is 0 Å². The quantitative estimate of drug-likeness (QED) is 0.744. The molecule has 2 rings (SSSR count). The Morgan fingerprint density at radius 1 is 1.00 bits per heavy atom. The van der Waals surface area contributed by atoms with E-state index >= 15 is 0 Å². The lowest BCUT2D eigenvalue weighted by Gasteiger charge is -2.42. The third-order valence-electron chi connectivity index (χ3n) is 4.86. The van der Waals surface area contributed by atoms with E-state index < -0.39 is 0 Å². The summed E-state index contributed by atoms with van der Waals surface area (Å²) in [6.45, 7) is 0.859. The number of nitrogens with two attached hydrogens (primary N) is 1. The Hall–Kier alpha value is -0.0800. The first-order chi connectivity index (χ1) is 7.83. The van der Waals surface area contributed by atoms with Crippen molar-refractivity contribution in [3.05, 3.63) is 0 Å². The molecule has 0 aromatic heterocycles. The van der Waals surface area contributed by atoms with E-state index in [-0.39, 0.29) is 0 Å². The van der Waals surface area contributed by atoms with Crippen LogP contribution in [0, 0.1) is 5.92 Å². The molecular weight excluding hydrogens is 196 g/mol. The molecule has 2 N–H and O–H groups in total. The van der Waals surface area contributed by atoms with E-state index in [9.17, 15) is 0 Å². The van der Waals surface area contributed by atoms with Gasteiger partial charge >= 0.3 is 0 Å². The van der Waals surface area contributed by atoms with Gasteiger partial charge in [0, 0.05) is 18.6 Å². The van der Waals surface area contributed by atoms with Gasteiger partial charge in [0.05, 0.1) is 0 Å². The second-order valence-electron chi connectivity index (χ2n) is 5.80. The summed E-state index contributed by atoms with van der Waals surface area (Å²) in [7, 11) is 2.33. The third kappa shape index (κ3) is 2.78. The van der Waals surface area contributed by atoms with Gasteiger partial charge in [-0.3, -0.25) is 4.90 Å². The Bertz CT molecular complexity index is 193. The number of nitrogens with zero attached hydrogens (tertiary/aromatic N) is 1. The van der Waals surface area contributed by atoms with Gasteiger partial charge in [-0.15, -0.1) is 0 Å². The van der Waals surface area contributed by atoms with Crippen molar-refractivity contribution in [1.29, 1.82) is 0 Å². The summed E-state index contributed by atoms with van der Waals surface area (Å²) >= 11 is 0. The van der Waals surface area contributed by atoms with Crippen LogP contribution in [0.5, 0.6) is 0 Å². The average Bonchev–Trinajstić information content (AvgIpc) is 2.50. The van der Waals surface area contributed by atoms with E-state index in [1.807, 2.05) is 0 Å². The van der Waals surface area contributed by atoms with Gasteiger partial charge in [0.15, 0.2) is 0 Å². The van der Waals surface area contributed by atoms with Gasteiger partial charge in [-0.05, 0) is 38.6 Å². The molecule has 2 nitrogen and oxygen atoms in total. The van der Waals surface area contributed by atoms with Crippen molar-refractivity contribution in [2.24, 2.45) is 11.7 Å². The molecule has 16 heavy (non-hydrogen) atoms. The minimum Gasteiger partial charge on any atom is -0.329 e. The highest BCUT2D eigenvalue weighted by atomic mass is 15.2. The van der Waals surface area contributed by atoms with Crippen LogP contribution in [0.25, 0.3) is 0 Å². The van der Waals surface area contributed by atoms with Gasteiger partial charge in [0.2, 0.25) is 0 Å². The van der Waals surface area contributed by atoms with E-state index in [0.29, 0.717) is 6.04 Å². The SMILES string of the molecule is CN(C1CCCCCC1)C(CN)C1CCC1. The fourth-order valence-electron chi connectivity index (χ4n) is 3.45. The number of rotatable bonds is 4. The zero-order chi connectivity index (χ0) is 11.4. The Balaban J connectivity index is 1.89. The van der Waals surface area contributed by atoms with E-state index in [1.165, 1.54) is 57.8 Å². The first kappa shape index (κ1) is 12.4. The molecule has 94 valence electrons. The van der Waals surface area contributed by atoms with E-state index in [2.05, 4.69) is 11.9 Å². The molecule has 2 saturated carbocycles. The van der Waals surface area contributed by atoms with Gasteiger partial charge in [-0.1, -0.05) is 32.1 Å². The summed E-state index contributed by atoms with van der Waals surface area (Å²) in [5.41, 5.74) is 5.99. The van der Waals surface area contributed by atoms with Crippen molar-refractivity contribution in [3.8, 4) is 0 Å². The van der Waals surface area contributed by atoms with Crippen LogP contribution < -0.4 is 5.73 Å². The van der Waals surface area contributed by atoms with Crippen LogP contribution in [0.4, 0.5) is 0 Å². The molecule has 0 amide bonds. The van der Waals surface area contributed by atoms with Crippen LogP contribution in [0.1, 0.15) is 57.8 Å². The van der Waals surface area contributed by atoms with Crippen LogP contribution in [-0.2, 0) is 0 Å². The smallest absolute Gasteiger partial charge is 0.0246 e. The third-order valence-corrected chi connectivity index (χ3v) is 4.86. The maximum Gasteiger partial charge on any atom is 0.0246 e. The molecule has 0 aromatic carbocycles. The van der Waals surface area contributed by atoms with Crippen molar-refractivity contribution >= 4 is 0 Å². The number of likely N-dealkylation sites (N-methyl/N-ethyl adjacent to an activating group) is 1. The van der Waals surface area contributed by atoms with E-state index in [0.717, 1.165) is 18.5 Å². The van der Waals surface area contributed by atoms with Crippen LogP contribution in [-0.4, -0.2) is 30.6 Å². The summed E-state index contributed by atoms with van der Waals surface area (Å²) in [5, 5.41) is 0. The first-order valence-corrected chi connectivity index (χ1v) is 7.25. The zero-order valence-corrected chi connectivity index (χ0v) is 10.8. The van der Waals surface area contributed by atoms with Crippen molar-refractivity contribution in [2.45, 2.75) is 69.9 Å². The molecule has 0 spiro atoms. The van der Waals surface area contributed by atoms with Gasteiger partial charge in [-0.25, -0.2) is 0 Å². The largest absolute Gasteiger partial charge is 0.329 e. The lowest BCUT2D eigenvalue weighted by Crippen LogP contribution is -2.50. The maximum atomic E-state index is 5.99. The van der Waals surface area contributed by atoms with Gasteiger partial charge in [0.1, 0.15) is 0 Å². The molecule has 0 heterocycles. The normalized spacial score (nSPS) is 26.4. The second kappa shape index (κ2) is 6.02. The van der Waals surface area contributed by atoms with Crippen molar-refractivity contribution in [2.75, 3.05) is 13.6 Å². The fraction of sp³-hybridized carbons (Fsp3) is 1.00. The van der Waals surface area contributed by atoms with E-state index in [4.69, 9.17) is 5.73 Å². The molecule has 2 aliphatic rings. The predicted molar refractivity (Wildman–Crippen MR) is 69.4 cm³/mol. The monoisotopic (exact) mass is 224 g/mol. The Morgan fingerprint density at radius 2 is 1.62 bits per heavy atom. The maximum absolute atomic E-state index is 5.99. The Kier molecular flexibility index (Phi) is 4.66. The minimum absolute atomic E-state index is 0.664. The molecule has 2 heteroatoms. The van der Waals surface area contributed by atoms with Gasteiger partial charge < -0.3 is 5.73 Å². The molecule has 2 fully saturated rings. The summed E-state index contributed by atoms with van der Waals surface area (Å²) < 4.78 is 0. The summed E-state index contributed by atoms with van der Waals surface area (Å²) in [4.78, 5) is 2.63. The molecule has 0 radical (unpaired) electrons. The highest BCUT2D eigenvalue weighted by Gasteiger charge is 2.32. The fourth-order valence-corrected chi connectivity index (χ4v) is 3.45. The molecule has 0 bridgehead atoms. The van der Waals surface area contributed by atoms with Crippen LogP contribution >= 0.6 is 0 Å². The molecule has 1 unspecified atom stereocenters. The molecular formula is C14H28N2. The molecule has 0 saturated heterocycles. The number of hydrogen-bond donors (Lipinski definition) is 1. The highest BCUT2D eigenvalue weighted by molar-refractivity contribution is 4.87. The summed E-state index contributed by atoms with van der Waals surface area (Å²) in [5.74, 6) is 0.901. The van der Waals surface area contributed by atoms with Crippen LogP contribution in [0.15, 0.2) is 0 Å². The molecule has 0 aromatic rings. The number of hydrogen-bond acceptors (Lipinski definition) is 2. The highest BCUT2D eigenvalue weighted by Crippen LogP contribution is 2.33. The van der Waals surface area contributed by atoms with Crippen LogP contribution in [0.3, 0.4) is 0 Å². The molecule has 2 aliphatic carbocycles. The van der Waals surface area contributed by atoms with Gasteiger partial charge in [-0.2, -0.15) is 0 Å². The zero-order valence-electron chi connectivity index (χ0n) is 10.8. The minimum atomic E-state index is 0.664. The first-order valence-electron chi connectivity index (χ1n) is 7.25. The summed E-state index contributed by atoms with van der Waals surface area (Å²) in [6.07, 6.45) is 12.8. The van der Waals surface area contributed by atoms with Crippen molar-refractivity contribution in [1.82, 2.24) is 4.90 Å². The topological polar surface area (TPSA) is 29.3 Å². The lowest BCUT2D eigenvalue weighted by atomic mass is 9.78.